The zero-order chi connectivity index (χ0) is 15.8. The second-order valence-corrected chi connectivity index (χ2v) is 4.55. The summed E-state index contributed by atoms with van der Waals surface area (Å²) in [4.78, 5) is 23.9. The van der Waals surface area contributed by atoms with Crippen LogP contribution in [0.3, 0.4) is 0 Å². The number of nitrogens with one attached hydrogen (secondary N) is 1. The van der Waals surface area contributed by atoms with Crippen LogP contribution >= 0.6 is 0 Å². The number of carboxylic acid groups (broad SMARTS) is 1. The molecule has 0 aliphatic heterocycles. The van der Waals surface area contributed by atoms with Gasteiger partial charge in [0, 0.05) is 19.8 Å². The average Bonchev–Trinajstić information content (AvgIpc) is 2.45. The summed E-state index contributed by atoms with van der Waals surface area (Å²) in [5, 5.41) is 11.2. The lowest BCUT2D eigenvalue weighted by Crippen LogP contribution is -2.40. The first-order chi connectivity index (χ1) is 9.93. The van der Waals surface area contributed by atoms with Gasteiger partial charge in [-0.05, 0) is 31.2 Å². The number of amides is 2. The van der Waals surface area contributed by atoms with Crippen LogP contribution in [0.15, 0.2) is 24.3 Å². The van der Waals surface area contributed by atoms with Gasteiger partial charge in [0.15, 0.2) is 6.61 Å². The van der Waals surface area contributed by atoms with Crippen LogP contribution in [0.4, 0.5) is 10.5 Å². The van der Waals surface area contributed by atoms with Crippen LogP contribution in [0, 0.1) is 0 Å². The van der Waals surface area contributed by atoms with Crippen LogP contribution in [0.5, 0.6) is 5.75 Å². The van der Waals surface area contributed by atoms with E-state index in [-0.39, 0.29) is 12.1 Å². The number of ether oxygens (including phenoxy) is 2. The number of methoxy groups -OCH3 is 1. The molecule has 0 aromatic heterocycles. The van der Waals surface area contributed by atoms with Gasteiger partial charge in [0.25, 0.3) is 0 Å². The molecule has 1 atom stereocenters. The Hall–Kier alpha value is -2.28. The standard InChI is InChI=1S/C14H20N2O5/c1-10(8-20-3)16(2)14(19)15-11-4-6-12(7-5-11)21-9-13(17)18/h4-7,10H,8-9H2,1-3H3,(H,15,19)(H,17,18). The Morgan fingerprint density at radius 3 is 2.48 bits per heavy atom. The lowest BCUT2D eigenvalue weighted by Gasteiger charge is -2.24. The van der Waals surface area contributed by atoms with Crippen molar-refractivity contribution >= 4 is 17.7 Å². The molecule has 1 aromatic carbocycles. The molecule has 21 heavy (non-hydrogen) atoms. The van der Waals surface area contributed by atoms with Crippen LogP contribution in [0.1, 0.15) is 6.92 Å². The number of hydrogen-bond donors (Lipinski definition) is 2. The van der Waals surface area contributed by atoms with Gasteiger partial charge in [-0.1, -0.05) is 0 Å². The highest BCUT2D eigenvalue weighted by atomic mass is 16.5. The molecule has 0 aliphatic rings. The maximum absolute atomic E-state index is 12.0. The second-order valence-electron chi connectivity index (χ2n) is 4.55. The Balaban J connectivity index is 2.54. The van der Waals surface area contributed by atoms with E-state index in [9.17, 15) is 9.59 Å². The number of rotatable bonds is 7. The molecule has 7 nitrogen and oxygen atoms in total. The van der Waals surface area contributed by atoms with Crippen molar-refractivity contribution in [2.75, 3.05) is 32.7 Å². The van der Waals surface area contributed by atoms with Crippen molar-refractivity contribution < 1.29 is 24.2 Å². The number of urea groups is 1. The van der Waals surface area contributed by atoms with E-state index in [2.05, 4.69) is 5.32 Å². The number of nitrogens with zero attached hydrogens (tertiary/aromatic N) is 1. The van der Waals surface area contributed by atoms with Gasteiger partial charge in [-0.15, -0.1) is 0 Å². The van der Waals surface area contributed by atoms with Gasteiger partial charge >= 0.3 is 12.0 Å². The Morgan fingerprint density at radius 2 is 1.95 bits per heavy atom. The van der Waals surface area contributed by atoms with Gasteiger partial charge in [-0.25, -0.2) is 9.59 Å². The van der Waals surface area contributed by atoms with Gasteiger partial charge in [-0.2, -0.15) is 0 Å². The molecule has 0 aliphatic carbocycles. The molecule has 0 bridgehead atoms. The third kappa shape index (κ3) is 5.70. The number of carbonyl (C=O) groups is 2. The van der Waals surface area contributed by atoms with E-state index in [1.54, 1.807) is 43.3 Å². The van der Waals surface area contributed by atoms with Crippen LogP contribution < -0.4 is 10.1 Å². The van der Waals surface area contributed by atoms with Crippen LogP contribution in [0.25, 0.3) is 0 Å². The summed E-state index contributed by atoms with van der Waals surface area (Å²) in [5.41, 5.74) is 0.596. The van der Waals surface area contributed by atoms with E-state index in [0.29, 0.717) is 18.0 Å². The van der Waals surface area contributed by atoms with Crippen molar-refractivity contribution in [3.8, 4) is 5.75 Å². The summed E-state index contributed by atoms with van der Waals surface area (Å²) in [6, 6.07) is 6.18. The van der Waals surface area contributed by atoms with E-state index >= 15 is 0 Å². The number of aliphatic carboxylic acids is 1. The highest BCUT2D eigenvalue weighted by molar-refractivity contribution is 5.89. The number of likely N-dealkylation sites (N-methyl/N-ethyl adjacent to an activating group) is 1. The van der Waals surface area contributed by atoms with Crippen molar-refractivity contribution in [2.45, 2.75) is 13.0 Å². The Morgan fingerprint density at radius 1 is 1.33 bits per heavy atom. The summed E-state index contributed by atoms with van der Waals surface area (Å²) in [7, 11) is 3.27. The molecule has 0 saturated carbocycles. The fourth-order valence-electron chi connectivity index (χ4n) is 1.54. The first kappa shape index (κ1) is 16.8. The summed E-state index contributed by atoms with van der Waals surface area (Å²) in [5.74, 6) is -0.613. The molecule has 116 valence electrons. The van der Waals surface area contributed by atoms with E-state index in [4.69, 9.17) is 14.6 Å². The lowest BCUT2D eigenvalue weighted by atomic mass is 10.3. The minimum atomic E-state index is -1.04. The molecule has 1 rings (SSSR count). The van der Waals surface area contributed by atoms with Crippen molar-refractivity contribution in [1.29, 1.82) is 0 Å². The number of carbonyl (C=O) groups excluding carboxylic acids is 1. The smallest absolute Gasteiger partial charge is 0.341 e. The molecule has 0 spiro atoms. The quantitative estimate of drug-likeness (QED) is 0.798. The molecule has 0 saturated heterocycles. The molecule has 2 amide bonds. The minimum absolute atomic E-state index is 0.0480. The summed E-state index contributed by atoms with van der Waals surface area (Å²) < 4.78 is 10.0. The van der Waals surface area contributed by atoms with Crippen molar-refractivity contribution in [1.82, 2.24) is 4.90 Å². The minimum Gasteiger partial charge on any atom is -0.482 e. The summed E-state index contributed by atoms with van der Waals surface area (Å²) in [6.45, 7) is 1.93. The molecule has 2 N–H and O–H groups in total. The normalized spacial score (nSPS) is 11.6. The molecule has 0 heterocycles. The third-order valence-electron chi connectivity index (χ3n) is 2.86. The average molecular weight is 296 g/mol. The van der Waals surface area contributed by atoms with Gasteiger partial charge in [0.1, 0.15) is 5.75 Å². The predicted octanol–water partition coefficient (Wildman–Crippen LogP) is 1.65. The van der Waals surface area contributed by atoms with Crippen molar-refractivity contribution in [2.24, 2.45) is 0 Å². The fraction of sp³-hybridized carbons (Fsp3) is 0.429. The molecular weight excluding hydrogens is 276 g/mol. The molecule has 0 fully saturated rings. The Bertz CT molecular complexity index is 475. The zero-order valence-electron chi connectivity index (χ0n) is 12.3. The van der Waals surface area contributed by atoms with Crippen LogP contribution in [-0.4, -0.2) is 55.4 Å². The molecule has 0 radical (unpaired) electrons. The summed E-state index contributed by atoms with van der Waals surface area (Å²) >= 11 is 0. The highest BCUT2D eigenvalue weighted by Crippen LogP contribution is 2.16. The molecule has 1 aromatic rings. The maximum Gasteiger partial charge on any atom is 0.341 e. The number of anilines is 1. The molecule has 1 unspecified atom stereocenters. The zero-order valence-corrected chi connectivity index (χ0v) is 12.3. The van der Waals surface area contributed by atoms with Gasteiger partial charge in [0.2, 0.25) is 0 Å². The fourth-order valence-corrected chi connectivity index (χ4v) is 1.54. The monoisotopic (exact) mass is 296 g/mol. The second kappa shape index (κ2) is 8.11. The summed E-state index contributed by atoms with van der Waals surface area (Å²) in [6.07, 6.45) is 0. The Labute approximate surface area is 123 Å². The predicted molar refractivity (Wildman–Crippen MR) is 77.7 cm³/mol. The first-order valence-corrected chi connectivity index (χ1v) is 6.41. The first-order valence-electron chi connectivity index (χ1n) is 6.41. The van der Waals surface area contributed by atoms with E-state index < -0.39 is 12.6 Å². The van der Waals surface area contributed by atoms with E-state index in [1.165, 1.54) is 0 Å². The van der Waals surface area contributed by atoms with Crippen molar-refractivity contribution in [3.05, 3.63) is 24.3 Å². The van der Waals surface area contributed by atoms with Crippen LogP contribution in [-0.2, 0) is 9.53 Å². The highest BCUT2D eigenvalue weighted by Gasteiger charge is 2.15. The van der Waals surface area contributed by atoms with Gasteiger partial charge in [-0.3, -0.25) is 0 Å². The lowest BCUT2D eigenvalue weighted by molar-refractivity contribution is -0.139. The van der Waals surface area contributed by atoms with Crippen molar-refractivity contribution in [3.63, 3.8) is 0 Å². The van der Waals surface area contributed by atoms with Crippen LogP contribution in [0.2, 0.25) is 0 Å². The molecular formula is C14H20N2O5. The number of hydrogen-bond acceptors (Lipinski definition) is 4. The number of carboxylic acids is 1. The van der Waals surface area contributed by atoms with E-state index in [1.807, 2.05) is 6.92 Å². The van der Waals surface area contributed by atoms with E-state index in [0.717, 1.165) is 0 Å². The largest absolute Gasteiger partial charge is 0.482 e. The van der Waals surface area contributed by atoms with Gasteiger partial charge in [0.05, 0.1) is 12.6 Å². The Kier molecular flexibility index (Phi) is 6.48. The van der Waals surface area contributed by atoms with Gasteiger partial charge < -0.3 is 24.8 Å². The molecule has 7 heteroatoms. The number of benzene rings is 1. The topological polar surface area (TPSA) is 88.1 Å². The SMILES string of the molecule is COCC(C)N(C)C(=O)Nc1ccc(OCC(=O)O)cc1. The maximum atomic E-state index is 12.0. The third-order valence-corrected chi connectivity index (χ3v) is 2.86.